The third-order valence-corrected chi connectivity index (χ3v) is 23.5. The van der Waals surface area contributed by atoms with Gasteiger partial charge in [0.1, 0.15) is 41.1 Å². The smallest absolute Gasteiger partial charge is 0.407 e. The summed E-state index contributed by atoms with van der Waals surface area (Å²) in [6.45, 7) is 5.42. The van der Waals surface area contributed by atoms with E-state index in [0.29, 0.717) is 68.2 Å². The van der Waals surface area contributed by atoms with Crippen LogP contribution in [-0.4, -0.2) is 154 Å². The summed E-state index contributed by atoms with van der Waals surface area (Å²) >= 11 is 0. The second-order valence-corrected chi connectivity index (χ2v) is 27.7. The van der Waals surface area contributed by atoms with Gasteiger partial charge in [0.2, 0.25) is 11.8 Å². The second kappa shape index (κ2) is 24.1. The third-order valence-electron chi connectivity index (χ3n) is 18.1. The van der Waals surface area contributed by atoms with Gasteiger partial charge in [-0.1, -0.05) is 31.4 Å². The number of carbonyl (C=O) groups excluding carboxylic acids is 4. The minimum Gasteiger partial charge on any atom is -0.453 e. The Balaban J connectivity index is 1.01. The number of ether oxygens (including phenoxy) is 5. The summed E-state index contributed by atoms with van der Waals surface area (Å²) < 4.78 is 94.2. The van der Waals surface area contributed by atoms with Crippen LogP contribution < -0.4 is 20.4 Å². The predicted octanol–water partition coefficient (Wildman–Crippen LogP) is 9.25. The number of carbonyl (C=O) groups is 4. The molecule has 0 saturated carbocycles. The third kappa shape index (κ3) is 11.4. The fourth-order valence-electron chi connectivity index (χ4n) is 13.6. The van der Waals surface area contributed by atoms with E-state index in [0.717, 1.165) is 12.1 Å². The minimum absolute atomic E-state index is 0.0966. The molecule has 10 rings (SSSR count). The number of hydrogen-bond acceptors (Lipinski definition) is 13. The molecule has 0 unspecified atom stereocenters. The van der Waals surface area contributed by atoms with Crippen molar-refractivity contribution in [1.29, 1.82) is 0 Å². The Hall–Kier alpha value is -6.50. The lowest BCUT2D eigenvalue weighted by molar-refractivity contribution is -0.138. The quantitative estimate of drug-likeness (QED) is 0.0537. The number of rotatable bonds is 16. The topological polar surface area (TPSA) is 209 Å². The lowest BCUT2D eigenvalue weighted by atomic mass is 10.0. The number of fused-ring (bicyclic) bond motifs is 2. The number of H-pyrrole nitrogens is 2. The summed E-state index contributed by atoms with van der Waals surface area (Å²) in [6, 6.07) is 7.78. The standard InChI is InChI=1S/C57H74F4N10O9Si/c1-31(77-4)49(66-56(74)79-6)54(72)69-15-11-12-47(69)52-62-41-25-35(37(58)27-43(41)64-52)45-13-14-46(71(45)34-23-39(60)51(40(61)24-34)68-16-20-81(21-17-68)18-9-8-10-19-81)36-26-42-44(28-38(36)59)65-53(63-42)48-22-33(30-76-3)29-70(48)55(73)50(32(2)78-5)67-57(75)80-7/h23-28,31-33,45-50H,8-22,29-30H2,1-7H3,(H,62,64)(H,63,65)(H,66,74)(H,67,75)/t31-,32-,33+,45+,46+,47+,48+,49+,50+/m1/s1. The first kappa shape index (κ1) is 57.7. The number of aromatic amines is 2. The van der Waals surface area contributed by atoms with E-state index < -0.39 is 104 Å². The molecular formula is C57H74F4N10O9Si. The molecule has 2 aromatic heterocycles. The van der Waals surface area contributed by atoms with Gasteiger partial charge < -0.3 is 63.9 Å². The highest BCUT2D eigenvalue weighted by molar-refractivity contribution is 6.80. The Labute approximate surface area is 469 Å². The van der Waals surface area contributed by atoms with Crippen LogP contribution in [0.4, 0.5) is 38.5 Å². The predicted molar refractivity (Wildman–Crippen MR) is 296 cm³/mol. The number of aromatic nitrogens is 4. The number of nitrogens with one attached hydrogen (secondary N) is 4. The molecule has 5 fully saturated rings. The van der Waals surface area contributed by atoms with Gasteiger partial charge in [0.25, 0.3) is 0 Å². The lowest BCUT2D eigenvalue weighted by Gasteiger charge is -2.43. The molecule has 4 amide bonds. The number of likely N-dealkylation sites (tertiary alicyclic amines) is 2. The zero-order valence-corrected chi connectivity index (χ0v) is 48.1. The van der Waals surface area contributed by atoms with Gasteiger partial charge in [0.05, 0.1) is 87.3 Å². The summed E-state index contributed by atoms with van der Waals surface area (Å²) in [5.74, 6) is -3.00. The molecular weight excluding hydrogens is 1070 g/mol. The molecule has 0 aliphatic carbocycles. The van der Waals surface area contributed by atoms with Crippen LogP contribution in [0.2, 0.25) is 24.2 Å². The average Bonchev–Trinajstić information content (AvgIpc) is 4.12. The van der Waals surface area contributed by atoms with Crippen molar-refractivity contribution in [2.75, 3.05) is 78.1 Å². The average molecular weight is 1150 g/mol. The minimum atomic E-state index is -1.49. The van der Waals surface area contributed by atoms with Crippen molar-refractivity contribution in [3.05, 3.63) is 82.4 Å². The maximum atomic E-state index is 17.1. The van der Waals surface area contributed by atoms with Gasteiger partial charge in [0, 0.05) is 82.4 Å². The first-order chi connectivity index (χ1) is 39.0. The van der Waals surface area contributed by atoms with E-state index in [1.54, 1.807) is 47.8 Å². The zero-order chi connectivity index (χ0) is 57.4. The summed E-state index contributed by atoms with van der Waals surface area (Å²) in [5, 5.41) is 5.19. The molecule has 0 radical (unpaired) electrons. The van der Waals surface area contributed by atoms with E-state index in [2.05, 4.69) is 20.6 Å². The zero-order valence-electron chi connectivity index (χ0n) is 47.1. The Morgan fingerprint density at radius 2 is 1.15 bits per heavy atom. The van der Waals surface area contributed by atoms with E-state index in [9.17, 15) is 19.2 Å². The van der Waals surface area contributed by atoms with Gasteiger partial charge in [-0.15, -0.1) is 0 Å². The van der Waals surface area contributed by atoms with Crippen LogP contribution in [0.3, 0.4) is 0 Å². The van der Waals surface area contributed by atoms with E-state index in [4.69, 9.17) is 33.7 Å². The molecule has 24 heteroatoms. The number of methoxy groups -OCH3 is 5. The molecule has 19 nitrogen and oxygen atoms in total. The number of hydrogen-bond donors (Lipinski definition) is 4. The maximum Gasteiger partial charge on any atom is 0.407 e. The number of nitrogens with zero attached hydrogens (tertiary/aromatic N) is 6. The van der Waals surface area contributed by atoms with Crippen LogP contribution >= 0.6 is 0 Å². The van der Waals surface area contributed by atoms with Gasteiger partial charge in [-0.05, 0) is 82.3 Å². The number of anilines is 2. The second-order valence-electron chi connectivity index (χ2n) is 22.7. The van der Waals surface area contributed by atoms with Gasteiger partial charge in [-0.2, -0.15) is 0 Å². The van der Waals surface area contributed by atoms with Gasteiger partial charge in [-0.25, -0.2) is 37.1 Å². The van der Waals surface area contributed by atoms with Crippen molar-refractivity contribution in [1.82, 2.24) is 40.4 Å². The number of alkyl carbamates (subject to hydrolysis) is 2. The Morgan fingerprint density at radius 3 is 1.65 bits per heavy atom. The SMILES string of the molecule is COC[C@H]1C[C@@H](c2nc3cc(F)c([C@@H]4CC[C@@H](c5cc6[nH]c([C@@H]7CCCN7C(=O)[C@@H](NC(=O)OC)[C@@H](C)OC)nc6cc5F)N4c4cc(F)c(N5CC[Si]6(CCCCC6)CC5)c(F)c4)cc3[nH]2)N(C(=O)[C@@H](NC(=O)OC)[C@@H](C)OC)C1. The van der Waals surface area contributed by atoms with Gasteiger partial charge in [0.15, 0.2) is 11.6 Å². The van der Waals surface area contributed by atoms with Crippen LogP contribution in [0.1, 0.15) is 112 Å². The van der Waals surface area contributed by atoms with Crippen molar-refractivity contribution in [3.8, 4) is 0 Å². The highest BCUT2D eigenvalue weighted by Crippen LogP contribution is 2.51. The van der Waals surface area contributed by atoms with Crippen molar-refractivity contribution in [2.45, 2.75) is 138 Å². The monoisotopic (exact) mass is 1150 g/mol. The van der Waals surface area contributed by atoms with Gasteiger partial charge in [-0.3, -0.25) is 9.59 Å². The highest BCUT2D eigenvalue weighted by atomic mass is 28.3. The molecule has 5 aromatic rings. The number of amides is 4. The van der Waals surface area contributed by atoms with E-state index >= 15 is 17.6 Å². The number of benzene rings is 3. The Bertz CT molecular complexity index is 3110. The highest BCUT2D eigenvalue weighted by Gasteiger charge is 2.45. The van der Waals surface area contributed by atoms with Crippen LogP contribution in [0.5, 0.6) is 0 Å². The first-order valence-corrected chi connectivity index (χ1v) is 31.1. The summed E-state index contributed by atoms with van der Waals surface area (Å²) in [6.07, 6.45) is 2.73. The Morgan fingerprint density at radius 1 is 0.630 bits per heavy atom. The molecule has 1 spiro atoms. The van der Waals surface area contributed by atoms with Crippen LogP contribution in [-0.2, 0) is 33.3 Å². The van der Waals surface area contributed by atoms with Gasteiger partial charge >= 0.3 is 12.2 Å². The molecule has 81 heavy (non-hydrogen) atoms. The van der Waals surface area contributed by atoms with Crippen molar-refractivity contribution < 1.29 is 60.4 Å². The summed E-state index contributed by atoms with van der Waals surface area (Å²) in [5.41, 5.74) is 1.80. The number of halogens is 4. The van der Waals surface area contributed by atoms with E-state index in [1.807, 2.05) is 4.90 Å². The van der Waals surface area contributed by atoms with Crippen LogP contribution in [0.15, 0.2) is 36.4 Å². The van der Waals surface area contributed by atoms with Crippen LogP contribution in [0, 0.1) is 29.2 Å². The molecule has 3 aromatic carbocycles. The fourth-order valence-corrected chi connectivity index (χ4v) is 18.6. The molecule has 7 heterocycles. The lowest BCUT2D eigenvalue weighted by Crippen LogP contribution is -2.54. The maximum absolute atomic E-state index is 17.1. The van der Waals surface area contributed by atoms with Crippen molar-refractivity contribution in [2.24, 2.45) is 5.92 Å². The fraction of sp³-hybridized carbons (Fsp3) is 0.579. The molecule has 9 atom stereocenters. The van der Waals surface area contributed by atoms with Crippen molar-refractivity contribution >= 4 is 65.5 Å². The normalized spacial score (nSPS) is 23.5. The van der Waals surface area contributed by atoms with E-state index in [-0.39, 0.29) is 58.8 Å². The molecule has 5 saturated heterocycles. The molecule has 438 valence electrons. The van der Waals surface area contributed by atoms with Crippen LogP contribution in [0.25, 0.3) is 22.1 Å². The molecule has 0 bridgehead atoms. The molecule has 5 aliphatic heterocycles. The van der Waals surface area contributed by atoms with Crippen molar-refractivity contribution in [3.63, 3.8) is 0 Å². The summed E-state index contributed by atoms with van der Waals surface area (Å²) in [4.78, 5) is 76.2. The molecule has 4 N–H and O–H groups in total. The number of imidazole rings is 2. The molecule has 5 aliphatic rings. The summed E-state index contributed by atoms with van der Waals surface area (Å²) in [7, 11) is 5.34. The largest absolute Gasteiger partial charge is 0.453 e. The Kier molecular flexibility index (Phi) is 17.2. The first-order valence-electron chi connectivity index (χ1n) is 28.2. The van der Waals surface area contributed by atoms with E-state index in [1.165, 1.54) is 84.1 Å².